The van der Waals surface area contributed by atoms with Crippen molar-refractivity contribution in [1.29, 1.82) is 0 Å². The lowest BCUT2D eigenvalue weighted by molar-refractivity contribution is -0.136. The second-order valence-electron chi connectivity index (χ2n) is 4.64. The molecule has 110 valence electrons. The Balaban J connectivity index is 2.21. The van der Waals surface area contributed by atoms with E-state index in [0.717, 1.165) is 5.56 Å². The molecule has 0 unspecified atom stereocenters. The molecule has 0 atom stereocenters. The Hall–Kier alpha value is -2.07. The summed E-state index contributed by atoms with van der Waals surface area (Å²) in [5.74, 6) is -1.27. The number of benzene rings is 2. The quantitative estimate of drug-likeness (QED) is 0.878. The maximum atomic E-state index is 13.9. The highest BCUT2D eigenvalue weighted by atomic mass is 35.5. The van der Waals surface area contributed by atoms with Gasteiger partial charge in [0.05, 0.1) is 12.1 Å². The molecule has 0 fully saturated rings. The normalized spacial score (nSPS) is 10.4. The molecule has 5 heteroatoms. The molecule has 2 aromatic carbocycles. The maximum Gasteiger partial charge on any atom is 0.305 e. The molecule has 0 bridgehead atoms. The Kier molecular flexibility index (Phi) is 5.17. The number of halogens is 2. The molecule has 0 aliphatic rings. The van der Waals surface area contributed by atoms with Crippen LogP contribution >= 0.6 is 11.6 Å². The van der Waals surface area contributed by atoms with Crippen LogP contribution in [0, 0.1) is 5.82 Å². The van der Waals surface area contributed by atoms with E-state index in [-0.39, 0.29) is 18.8 Å². The molecule has 2 rings (SSSR count). The van der Waals surface area contributed by atoms with Crippen molar-refractivity contribution in [3.05, 3.63) is 64.9 Å². The van der Waals surface area contributed by atoms with Crippen molar-refractivity contribution in [1.82, 2.24) is 0 Å². The number of para-hydroxylation sites is 1. The van der Waals surface area contributed by atoms with E-state index >= 15 is 0 Å². The largest absolute Gasteiger partial charge is 0.481 e. The number of hydrogen-bond donors (Lipinski definition) is 1. The lowest BCUT2D eigenvalue weighted by Crippen LogP contribution is -2.26. The Morgan fingerprint density at radius 2 is 1.81 bits per heavy atom. The molecule has 0 saturated carbocycles. The Bertz CT molecular complexity index is 616. The van der Waals surface area contributed by atoms with Gasteiger partial charge in [-0.05, 0) is 29.8 Å². The van der Waals surface area contributed by atoms with E-state index in [1.807, 2.05) is 12.1 Å². The van der Waals surface area contributed by atoms with Crippen LogP contribution in [0.5, 0.6) is 0 Å². The highest BCUT2D eigenvalue weighted by Gasteiger charge is 2.13. The van der Waals surface area contributed by atoms with E-state index in [0.29, 0.717) is 17.3 Å². The van der Waals surface area contributed by atoms with Crippen LogP contribution in [-0.4, -0.2) is 17.6 Å². The molecule has 0 radical (unpaired) electrons. The first kappa shape index (κ1) is 15.3. The minimum absolute atomic E-state index is 0.0536. The van der Waals surface area contributed by atoms with Crippen LogP contribution in [0.15, 0.2) is 48.5 Å². The summed E-state index contributed by atoms with van der Waals surface area (Å²) in [6.07, 6.45) is -0.0536. The number of rotatable bonds is 6. The number of carboxylic acid groups (broad SMARTS) is 1. The molecule has 0 aliphatic carbocycles. The SMILES string of the molecule is O=C(O)CCN(Cc1ccc(Cl)cc1)c1ccccc1F. The summed E-state index contributed by atoms with van der Waals surface area (Å²) in [5, 5.41) is 9.47. The van der Waals surface area contributed by atoms with Gasteiger partial charge in [0, 0.05) is 18.1 Å². The van der Waals surface area contributed by atoms with E-state index < -0.39 is 5.97 Å². The van der Waals surface area contributed by atoms with Gasteiger partial charge in [-0.1, -0.05) is 35.9 Å². The fourth-order valence-electron chi connectivity index (χ4n) is 2.03. The fraction of sp³-hybridized carbons (Fsp3) is 0.188. The highest BCUT2D eigenvalue weighted by Crippen LogP contribution is 2.22. The average molecular weight is 308 g/mol. The third-order valence-electron chi connectivity index (χ3n) is 3.08. The van der Waals surface area contributed by atoms with Gasteiger partial charge < -0.3 is 10.0 Å². The van der Waals surface area contributed by atoms with Gasteiger partial charge in [-0.3, -0.25) is 4.79 Å². The fourth-order valence-corrected chi connectivity index (χ4v) is 2.16. The summed E-state index contributed by atoms with van der Waals surface area (Å²) < 4.78 is 13.9. The number of hydrogen-bond acceptors (Lipinski definition) is 2. The van der Waals surface area contributed by atoms with E-state index in [1.165, 1.54) is 6.07 Å². The van der Waals surface area contributed by atoms with Gasteiger partial charge in [-0.15, -0.1) is 0 Å². The van der Waals surface area contributed by atoms with Crippen LogP contribution in [0.3, 0.4) is 0 Å². The Morgan fingerprint density at radius 1 is 1.14 bits per heavy atom. The van der Waals surface area contributed by atoms with Crippen molar-refractivity contribution < 1.29 is 14.3 Å². The van der Waals surface area contributed by atoms with Gasteiger partial charge >= 0.3 is 5.97 Å². The predicted molar refractivity (Wildman–Crippen MR) is 81.2 cm³/mol. The summed E-state index contributed by atoms with van der Waals surface area (Å²) in [6.45, 7) is 0.657. The maximum absolute atomic E-state index is 13.9. The third kappa shape index (κ3) is 4.46. The van der Waals surface area contributed by atoms with Crippen LogP contribution in [0.1, 0.15) is 12.0 Å². The third-order valence-corrected chi connectivity index (χ3v) is 3.33. The summed E-state index contributed by atoms with van der Waals surface area (Å²) in [5.41, 5.74) is 1.33. The predicted octanol–water partition coefficient (Wildman–Crippen LogP) is 3.96. The number of nitrogens with zero attached hydrogens (tertiary/aromatic N) is 1. The van der Waals surface area contributed by atoms with Crippen molar-refractivity contribution in [3.63, 3.8) is 0 Å². The van der Waals surface area contributed by atoms with Gasteiger partial charge in [0.15, 0.2) is 0 Å². The highest BCUT2D eigenvalue weighted by molar-refractivity contribution is 6.30. The zero-order chi connectivity index (χ0) is 15.2. The molecule has 3 nitrogen and oxygen atoms in total. The molecular weight excluding hydrogens is 293 g/mol. The van der Waals surface area contributed by atoms with Crippen molar-refractivity contribution in [2.45, 2.75) is 13.0 Å². The molecule has 2 aromatic rings. The van der Waals surface area contributed by atoms with Crippen molar-refractivity contribution in [2.24, 2.45) is 0 Å². The molecule has 0 heterocycles. The molecule has 0 aromatic heterocycles. The minimum Gasteiger partial charge on any atom is -0.481 e. The zero-order valence-electron chi connectivity index (χ0n) is 11.3. The van der Waals surface area contributed by atoms with Crippen LogP contribution < -0.4 is 4.90 Å². The van der Waals surface area contributed by atoms with Crippen molar-refractivity contribution in [3.8, 4) is 0 Å². The van der Waals surface area contributed by atoms with Gasteiger partial charge in [0.1, 0.15) is 5.82 Å². The second kappa shape index (κ2) is 7.09. The molecule has 0 saturated heterocycles. The van der Waals surface area contributed by atoms with Crippen LogP contribution in [0.2, 0.25) is 5.02 Å². The summed E-state index contributed by atoms with van der Waals surface area (Å²) in [6, 6.07) is 13.6. The van der Waals surface area contributed by atoms with Gasteiger partial charge in [0.25, 0.3) is 0 Å². The van der Waals surface area contributed by atoms with Gasteiger partial charge in [0.2, 0.25) is 0 Å². The number of aliphatic carboxylic acids is 1. The molecular formula is C16H15ClFNO2. The number of anilines is 1. The molecule has 0 aliphatic heterocycles. The van der Waals surface area contributed by atoms with E-state index in [4.69, 9.17) is 16.7 Å². The van der Waals surface area contributed by atoms with E-state index in [2.05, 4.69) is 0 Å². The van der Waals surface area contributed by atoms with Gasteiger partial charge in [-0.25, -0.2) is 4.39 Å². The van der Waals surface area contributed by atoms with Crippen LogP contribution in [-0.2, 0) is 11.3 Å². The average Bonchev–Trinajstić information content (AvgIpc) is 2.46. The van der Waals surface area contributed by atoms with E-state index in [9.17, 15) is 9.18 Å². The summed E-state index contributed by atoms with van der Waals surface area (Å²) >= 11 is 5.84. The minimum atomic E-state index is -0.910. The molecule has 0 spiro atoms. The number of carbonyl (C=O) groups is 1. The molecule has 0 amide bonds. The topological polar surface area (TPSA) is 40.5 Å². The van der Waals surface area contributed by atoms with Crippen molar-refractivity contribution >= 4 is 23.3 Å². The van der Waals surface area contributed by atoms with E-state index in [1.54, 1.807) is 35.2 Å². The first-order valence-electron chi connectivity index (χ1n) is 6.52. The summed E-state index contributed by atoms with van der Waals surface area (Å²) in [4.78, 5) is 12.5. The van der Waals surface area contributed by atoms with Crippen molar-refractivity contribution in [2.75, 3.05) is 11.4 Å². The first-order chi connectivity index (χ1) is 10.1. The first-order valence-corrected chi connectivity index (χ1v) is 6.90. The molecule has 1 N–H and O–H groups in total. The lowest BCUT2D eigenvalue weighted by Gasteiger charge is -2.24. The molecule has 21 heavy (non-hydrogen) atoms. The summed E-state index contributed by atoms with van der Waals surface area (Å²) in [7, 11) is 0. The van der Waals surface area contributed by atoms with Crippen LogP contribution in [0.25, 0.3) is 0 Å². The Morgan fingerprint density at radius 3 is 2.43 bits per heavy atom. The van der Waals surface area contributed by atoms with Crippen LogP contribution in [0.4, 0.5) is 10.1 Å². The monoisotopic (exact) mass is 307 g/mol. The standard InChI is InChI=1S/C16H15ClFNO2/c17-13-7-5-12(6-8-13)11-19(10-9-16(20)21)15-4-2-1-3-14(15)18/h1-8H,9-11H2,(H,20,21). The van der Waals surface area contributed by atoms with Gasteiger partial charge in [-0.2, -0.15) is 0 Å². The lowest BCUT2D eigenvalue weighted by atomic mass is 10.2. The number of carboxylic acids is 1. The second-order valence-corrected chi connectivity index (χ2v) is 5.08. The smallest absolute Gasteiger partial charge is 0.305 e. The zero-order valence-corrected chi connectivity index (χ0v) is 12.1. The Labute approximate surface area is 127 Å².